The summed E-state index contributed by atoms with van der Waals surface area (Å²) in [7, 11) is 0. The van der Waals surface area contributed by atoms with Gasteiger partial charge in [0.2, 0.25) is 0 Å². The largest absolute Gasteiger partial charge is 0.463 e. The fourth-order valence-electron chi connectivity index (χ4n) is 1.46. The van der Waals surface area contributed by atoms with Crippen molar-refractivity contribution in [2.45, 2.75) is 44.5 Å². The molecule has 5 heteroatoms. The molecule has 0 saturated carbocycles. The molecule has 2 N–H and O–H groups in total. The van der Waals surface area contributed by atoms with Crippen LogP contribution in [0.5, 0.6) is 0 Å². The molecule has 1 fully saturated rings. The third kappa shape index (κ3) is 3.77. The van der Waals surface area contributed by atoms with Gasteiger partial charge in [-0.3, -0.25) is 4.79 Å². The monoisotopic (exact) mass is 218 g/mol. The first-order valence-corrected chi connectivity index (χ1v) is 5.28. The molecule has 15 heavy (non-hydrogen) atoms. The summed E-state index contributed by atoms with van der Waals surface area (Å²) in [6.07, 6.45) is -0.835. The first-order valence-electron chi connectivity index (χ1n) is 5.28. The molecule has 1 aliphatic heterocycles. The third-order valence-electron chi connectivity index (χ3n) is 2.38. The summed E-state index contributed by atoms with van der Waals surface area (Å²) in [5.74, 6) is -0.298. The van der Waals surface area contributed by atoms with Crippen molar-refractivity contribution in [2.24, 2.45) is 0 Å². The van der Waals surface area contributed by atoms with E-state index in [9.17, 15) is 15.0 Å². The highest BCUT2D eigenvalue weighted by Gasteiger charge is 2.32. The average Bonchev–Trinajstić information content (AvgIpc) is 2.21. The van der Waals surface area contributed by atoms with E-state index in [1.807, 2.05) is 6.92 Å². The summed E-state index contributed by atoms with van der Waals surface area (Å²) < 4.78 is 10.1. The Morgan fingerprint density at radius 2 is 2.27 bits per heavy atom. The Morgan fingerprint density at radius 3 is 2.93 bits per heavy atom. The molecule has 0 spiro atoms. The van der Waals surface area contributed by atoms with Crippen LogP contribution < -0.4 is 0 Å². The molecular weight excluding hydrogens is 200 g/mol. The van der Waals surface area contributed by atoms with Gasteiger partial charge in [0.15, 0.2) is 0 Å². The van der Waals surface area contributed by atoms with Crippen LogP contribution in [0.1, 0.15) is 26.2 Å². The lowest BCUT2D eigenvalue weighted by Crippen LogP contribution is -2.47. The normalized spacial score (nSPS) is 31.3. The Balaban J connectivity index is 2.28. The number of esters is 1. The molecule has 0 radical (unpaired) electrons. The standard InChI is InChI=1S/C10H18O5/c1-2-3-9(12)15-6-8-10(13)7(11)4-5-14-8/h7-8,10-11,13H,2-6H2,1H3. The zero-order valence-corrected chi connectivity index (χ0v) is 8.89. The van der Waals surface area contributed by atoms with Crippen molar-refractivity contribution in [3.05, 3.63) is 0 Å². The number of carbonyl (C=O) groups excluding carboxylic acids is 1. The SMILES string of the molecule is CCCC(=O)OCC1OCCC(O)C1O. The van der Waals surface area contributed by atoms with E-state index in [1.54, 1.807) is 0 Å². The minimum atomic E-state index is -0.965. The highest BCUT2D eigenvalue weighted by molar-refractivity contribution is 5.69. The van der Waals surface area contributed by atoms with Crippen molar-refractivity contribution in [1.82, 2.24) is 0 Å². The molecule has 0 aromatic heterocycles. The second-order valence-corrected chi connectivity index (χ2v) is 3.69. The zero-order valence-electron chi connectivity index (χ0n) is 8.89. The molecule has 1 saturated heterocycles. The Bertz CT molecular complexity index is 206. The van der Waals surface area contributed by atoms with Crippen molar-refractivity contribution in [3.63, 3.8) is 0 Å². The van der Waals surface area contributed by atoms with Crippen LogP contribution in [0.2, 0.25) is 0 Å². The lowest BCUT2D eigenvalue weighted by Gasteiger charge is -2.31. The third-order valence-corrected chi connectivity index (χ3v) is 2.38. The van der Waals surface area contributed by atoms with Gasteiger partial charge in [0.1, 0.15) is 18.8 Å². The maximum Gasteiger partial charge on any atom is 0.305 e. The van der Waals surface area contributed by atoms with Crippen LogP contribution in [0.25, 0.3) is 0 Å². The fraction of sp³-hybridized carbons (Fsp3) is 0.900. The molecule has 1 heterocycles. The van der Waals surface area contributed by atoms with Gasteiger partial charge in [-0.15, -0.1) is 0 Å². The number of aliphatic hydroxyl groups is 2. The minimum absolute atomic E-state index is 0.0110. The summed E-state index contributed by atoms with van der Waals surface area (Å²) in [4.78, 5) is 11.1. The molecule has 0 bridgehead atoms. The molecular formula is C10H18O5. The van der Waals surface area contributed by atoms with Gasteiger partial charge < -0.3 is 19.7 Å². The maximum atomic E-state index is 11.1. The van der Waals surface area contributed by atoms with Crippen LogP contribution in [-0.2, 0) is 14.3 Å². The first kappa shape index (κ1) is 12.4. The van der Waals surface area contributed by atoms with E-state index in [0.29, 0.717) is 19.4 Å². The molecule has 3 unspecified atom stereocenters. The number of ether oxygens (including phenoxy) is 2. The van der Waals surface area contributed by atoms with E-state index < -0.39 is 18.3 Å². The average molecular weight is 218 g/mol. The molecule has 0 amide bonds. The van der Waals surface area contributed by atoms with Crippen molar-refractivity contribution in [2.75, 3.05) is 13.2 Å². The smallest absolute Gasteiger partial charge is 0.305 e. The Kier molecular flexibility index (Phi) is 5.01. The van der Waals surface area contributed by atoms with Gasteiger partial charge in [-0.05, 0) is 12.8 Å². The predicted octanol–water partition coefficient (Wildman–Crippen LogP) is -0.160. The second-order valence-electron chi connectivity index (χ2n) is 3.69. The van der Waals surface area contributed by atoms with Gasteiger partial charge in [-0.25, -0.2) is 0 Å². The van der Waals surface area contributed by atoms with Crippen molar-refractivity contribution in [1.29, 1.82) is 0 Å². The van der Waals surface area contributed by atoms with Crippen molar-refractivity contribution >= 4 is 5.97 Å². The molecule has 88 valence electrons. The van der Waals surface area contributed by atoms with Crippen LogP contribution in [0.15, 0.2) is 0 Å². The van der Waals surface area contributed by atoms with E-state index >= 15 is 0 Å². The van der Waals surface area contributed by atoms with E-state index in [0.717, 1.165) is 6.42 Å². The van der Waals surface area contributed by atoms with Gasteiger partial charge in [-0.2, -0.15) is 0 Å². The molecule has 3 atom stereocenters. The summed E-state index contributed by atoms with van der Waals surface area (Å²) in [6.45, 7) is 2.28. The van der Waals surface area contributed by atoms with E-state index in [1.165, 1.54) is 0 Å². The lowest BCUT2D eigenvalue weighted by molar-refractivity contribution is -0.169. The number of rotatable bonds is 4. The number of hydrogen-bond donors (Lipinski definition) is 2. The fourth-order valence-corrected chi connectivity index (χ4v) is 1.46. The van der Waals surface area contributed by atoms with Gasteiger partial charge in [0, 0.05) is 13.0 Å². The van der Waals surface area contributed by atoms with Crippen molar-refractivity contribution in [3.8, 4) is 0 Å². The molecule has 0 aliphatic carbocycles. The topological polar surface area (TPSA) is 76.0 Å². The van der Waals surface area contributed by atoms with E-state index in [2.05, 4.69) is 0 Å². The summed E-state index contributed by atoms with van der Waals surface area (Å²) in [6, 6.07) is 0. The summed E-state index contributed by atoms with van der Waals surface area (Å²) in [5, 5.41) is 18.9. The van der Waals surface area contributed by atoms with Crippen molar-refractivity contribution < 1.29 is 24.5 Å². The van der Waals surface area contributed by atoms with Crippen LogP contribution in [0.3, 0.4) is 0 Å². The Morgan fingerprint density at radius 1 is 1.53 bits per heavy atom. The van der Waals surface area contributed by atoms with Crippen LogP contribution in [0, 0.1) is 0 Å². The van der Waals surface area contributed by atoms with E-state index in [-0.39, 0.29) is 12.6 Å². The highest BCUT2D eigenvalue weighted by atomic mass is 16.6. The van der Waals surface area contributed by atoms with E-state index in [4.69, 9.17) is 9.47 Å². The van der Waals surface area contributed by atoms with Crippen LogP contribution >= 0.6 is 0 Å². The number of carbonyl (C=O) groups is 1. The molecule has 1 rings (SSSR count). The zero-order chi connectivity index (χ0) is 11.3. The van der Waals surface area contributed by atoms with Crippen LogP contribution in [-0.4, -0.2) is 47.7 Å². The summed E-state index contributed by atoms with van der Waals surface area (Å²) >= 11 is 0. The Hall–Kier alpha value is -0.650. The lowest BCUT2D eigenvalue weighted by atomic mass is 10.0. The number of hydrogen-bond acceptors (Lipinski definition) is 5. The maximum absolute atomic E-state index is 11.1. The second kappa shape index (κ2) is 6.05. The first-order chi connectivity index (χ1) is 7.15. The quantitative estimate of drug-likeness (QED) is 0.641. The van der Waals surface area contributed by atoms with Crippen LogP contribution in [0.4, 0.5) is 0 Å². The van der Waals surface area contributed by atoms with Gasteiger partial charge in [0.25, 0.3) is 0 Å². The van der Waals surface area contributed by atoms with Gasteiger partial charge in [0.05, 0.1) is 6.10 Å². The number of aliphatic hydroxyl groups excluding tert-OH is 2. The molecule has 1 aliphatic rings. The predicted molar refractivity (Wildman–Crippen MR) is 52.2 cm³/mol. The molecule has 0 aromatic carbocycles. The Labute approximate surface area is 89.0 Å². The summed E-state index contributed by atoms with van der Waals surface area (Å²) in [5.41, 5.74) is 0. The molecule has 0 aromatic rings. The molecule has 5 nitrogen and oxygen atoms in total. The minimum Gasteiger partial charge on any atom is -0.463 e. The van der Waals surface area contributed by atoms with Gasteiger partial charge >= 0.3 is 5.97 Å². The van der Waals surface area contributed by atoms with Gasteiger partial charge in [-0.1, -0.05) is 6.92 Å². The highest BCUT2D eigenvalue weighted by Crippen LogP contribution is 2.15.